The van der Waals surface area contributed by atoms with Gasteiger partial charge in [0, 0.05) is 18.4 Å². The minimum absolute atomic E-state index is 0.262. The van der Waals surface area contributed by atoms with Gasteiger partial charge in [-0.2, -0.15) is 0 Å². The molecule has 2 aromatic carbocycles. The van der Waals surface area contributed by atoms with Crippen molar-refractivity contribution in [2.45, 2.75) is 13.3 Å². The monoisotopic (exact) mass is 332 g/mol. The fraction of sp³-hybridized carbons (Fsp3) is 0.150. The van der Waals surface area contributed by atoms with Crippen LogP contribution in [0.25, 0.3) is 0 Å². The quantitative estimate of drug-likeness (QED) is 0.765. The van der Waals surface area contributed by atoms with Gasteiger partial charge in [-0.25, -0.2) is 9.97 Å². The molecule has 0 aliphatic rings. The first-order valence-corrected chi connectivity index (χ1v) is 8.19. The van der Waals surface area contributed by atoms with E-state index in [4.69, 9.17) is 0 Å². The van der Waals surface area contributed by atoms with E-state index in [1.807, 2.05) is 66.5 Å². The molecule has 25 heavy (non-hydrogen) atoms. The topological polar surface area (TPSA) is 58.1 Å². The molecular formula is C20H20N4O. The second-order valence-electron chi connectivity index (χ2n) is 5.62. The van der Waals surface area contributed by atoms with E-state index in [1.165, 1.54) is 6.20 Å². The van der Waals surface area contributed by atoms with Crippen molar-refractivity contribution in [3.05, 3.63) is 78.2 Å². The molecule has 1 aromatic heterocycles. The second kappa shape index (κ2) is 7.57. The van der Waals surface area contributed by atoms with Gasteiger partial charge >= 0.3 is 0 Å². The van der Waals surface area contributed by atoms with E-state index in [9.17, 15) is 4.79 Å². The van der Waals surface area contributed by atoms with E-state index in [1.54, 1.807) is 6.20 Å². The molecule has 1 amide bonds. The maximum Gasteiger partial charge on any atom is 0.275 e. The molecule has 0 unspecified atom stereocenters. The number of para-hydroxylation sites is 2. The van der Waals surface area contributed by atoms with Crippen LogP contribution in [0, 0.1) is 0 Å². The molecule has 0 saturated heterocycles. The lowest BCUT2D eigenvalue weighted by molar-refractivity contribution is 0.102. The van der Waals surface area contributed by atoms with Crippen LogP contribution in [0.15, 0.2) is 67.0 Å². The molecule has 1 heterocycles. The van der Waals surface area contributed by atoms with Crippen molar-refractivity contribution in [2.75, 3.05) is 17.3 Å². The van der Waals surface area contributed by atoms with Gasteiger partial charge in [0.05, 0.1) is 12.4 Å². The number of aryl methyl sites for hydroxylation is 1. The first kappa shape index (κ1) is 16.6. The standard InChI is InChI=1S/C20H20N4O/c1-3-15-9-7-8-12-17(15)23-20(25)18-13-22-19(14-21-18)24(2)16-10-5-4-6-11-16/h4-14H,3H2,1-2H3,(H,23,25). The van der Waals surface area contributed by atoms with Crippen molar-refractivity contribution in [1.29, 1.82) is 0 Å². The molecule has 126 valence electrons. The minimum atomic E-state index is -0.262. The number of nitrogens with one attached hydrogen (secondary N) is 1. The number of hydrogen-bond acceptors (Lipinski definition) is 4. The Morgan fingerprint density at radius 2 is 1.72 bits per heavy atom. The van der Waals surface area contributed by atoms with Gasteiger partial charge in [-0.05, 0) is 30.2 Å². The highest BCUT2D eigenvalue weighted by Crippen LogP contribution is 2.20. The third-order valence-corrected chi connectivity index (χ3v) is 4.00. The summed E-state index contributed by atoms with van der Waals surface area (Å²) in [6.07, 6.45) is 3.95. The number of rotatable bonds is 5. The van der Waals surface area contributed by atoms with Crippen molar-refractivity contribution >= 4 is 23.1 Å². The van der Waals surface area contributed by atoms with E-state index in [0.29, 0.717) is 5.82 Å². The van der Waals surface area contributed by atoms with Crippen LogP contribution in [0.5, 0.6) is 0 Å². The number of carbonyl (C=O) groups excluding carboxylic acids is 1. The molecule has 3 rings (SSSR count). The first-order valence-electron chi connectivity index (χ1n) is 8.19. The Morgan fingerprint density at radius 3 is 2.40 bits per heavy atom. The van der Waals surface area contributed by atoms with E-state index in [0.717, 1.165) is 23.4 Å². The summed E-state index contributed by atoms with van der Waals surface area (Å²) in [4.78, 5) is 22.9. The first-order chi connectivity index (χ1) is 12.2. The van der Waals surface area contributed by atoms with E-state index >= 15 is 0 Å². The molecule has 1 N–H and O–H groups in total. The molecule has 0 aliphatic heterocycles. The lowest BCUT2D eigenvalue weighted by Gasteiger charge is -2.17. The molecule has 0 fully saturated rings. The summed E-state index contributed by atoms with van der Waals surface area (Å²) < 4.78 is 0. The number of hydrogen-bond donors (Lipinski definition) is 1. The normalized spacial score (nSPS) is 10.3. The second-order valence-corrected chi connectivity index (χ2v) is 5.62. The lowest BCUT2D eigenvalue weighted by Crippen LogP contribution is -2.17. The fourth-order valence-electron chi connectivity index (χ4n) is 2.53. The molecule has 0 radical (unpaired) electrons. The zero-order valence-electron chi connectivity index (χ0n) is 14.3. The summed E-state index contributed by atoms with van der Waals surface area (Å²) >= 11 is 0. The summed E-state index contributed by atoms with van der Waals surface area (Å²) in [6.45, 7) is 2.05. The average molecular weight is 332 g/mol. The van der Waals surface area contributed by atoms with Crippen LogP contribution in [0.3, 0.4) is 0 Å². The number of nitrogens with zero attached hydrogens (tertiary/aromatic N) is 3. The Bertz CT molecular complexity index is 847. The maximum absolute atomic E-state index is 12.4. The van der Waals surface area contributed by atoms with Crippen LogP contribution in [-0.2, 0) is 6.42 Å². The molecular weight excluding hydrogens is 312 g/mol. The Labute approximate surface area is 147 Å². The van der Waals surface area contributed by atoms with Crippen molar-refractivity contribution in [3.8, 4) is 0 Å². The molecule has 3 aromatic rings. The zero-order valence-corrected chi connectivity index (χ0v) is 14.3. The summed E-state index contributed by atoms with van der Waals surface area (Å²) in [7, 11) is 1.91. The average Bonchev–Trinajstić information content (AvgIpc) is 2.68. The summed E-state index contributed by atoms with van der Waals surface area (Å²) in [5.41, 5.74) is 3.19. The van der Waals surface area contributed by atoms with Crippen LogP contribution in [0.4, 0.5) is 17.2 Å². The predicted octanol–water partition coefficient (Wildman–Crippen LogP) is 4.06. The van der Waals surface area contributed by atoms with Crippen molar-refractivity contribution < 1.29 is 4.79 Å². The van der Waals surface area contributed by atoms with Crippen LogP contribution in [0.1, 0.15) is 23.0 Å². The number of benzene rings is 2. The van der Waals surface area contributed by atoms with Gasteiger partial charge < -0.3 is 10.2 Å². The van der Waals surface area contributed by atoms with Crippen LogP contribution in [0.2, 0.25) is 0 Å². The highest BCUT2D eigenvalue weighted by atomic mass is 16.1. The summed E-state index contributed by atoms with van der Waals surface area (Å²) in [5.74, 6) is 0.416. The van der Waals surface area contributed by atoms with Crippen molar-refractivity contribution in [2.24, 2.45) is 0 Å². The van der Waals surface area contributed by atoms with E-state index in [-0.39, 0.29) is 11.6 Å². The van der Waals surface area contributed by atoms with Gasteiger partial charge in [-0.15, -0.1) is 0 Å². The largest absolute Gasteiger partial charge is 0.328 e. The van der Waals surface area contributed by atoms with Gasteiger partial charge in [-0.3, -0.25) is 4.79 Å². The SMILES string of the molecule is CCc1ccccc1NC(=O)c1cnc(N(C)c2ccccc2)cn1. The van der Waals surface area contributed by atoms with Crippen LogP contribution in [-0.4, -0.2) is 22.9 Å². The van der Waals surface area contributed by atoms with Gasteiger partial charge in [0.15, 0.2) is 5.82 Å². The molecule has 0 aliphatic carbocycles. The van der Waals surface area contributed by atoms with Crippen LogP contribution >= 0.6 is 0 Å². The number of carbonyl (C=O) groups is 1. The molecule has 5 heteroatoms. The van der Waals surface area contributed by atoms with Crippen molar-refractivity contribution in [3.63, 3.8) is 0 Å². The van der Waals surface area contributed by atoms with Crippen LogP contribution < -0.4 is 10.2 Å². The number of aromatic nitrogens is 2. The summed E-state index contributed by atoms with van der Waals surface area (Å²) in [6, 6.07) is 17.6. The van der Waals surface area contributed by atoms with E-state index < -0.39 is 0 Å². The molecule has 0 atom stereocenters. The smallest absolute Gasteiger partial charge is 0.275 e. The number of anilines is 3. The molecule has 0 bridgehead atoms. The Balaban J connectivity index is 1.75. The van der Waals surface area contributed by atoms with Crippen molar-refractivity contribution in [1.82, 2.24) is 9.97 Å². The Kier molecular flexibility index (Phi) is 5.04. The highest BCUT2D eigenvalue weighted by Gasteiger charge is 2.12. The fourth-order valence-corrected chi connectivity index (χ4v) is 2.53. The van der Waals surface area contributed by atoms with Gasteiger partial charge in [0.2, 0.25) is 0 Å². The highest BCUT2D eigenvalue weighted by molar-refractivity contribution is 6.03. The summed E-state index contributed by atoms with van der Waals surface area (Å²) in [5, 5.41) is 2.90. The number of amides is 1. The van der Waals surface area contributed by atoms with Gasteiger partial charge in [0.1, 0.15) is 5.69 Å². The van der Waals surface area contributed by atoms with E-state index in [2.05, 4.69) is 22.2 Å². The van der Waals surface area contributed by atoms with Gasteiger partial charge in [0.25, 0.3) is 5.91 Å². The minimum Gasteiger partial charge on any atom is -0.328 e. The lowest BCUT2D eigenvalue weighted by atomic mass is 10.1. The molecule has 5 nitrogen and oxygen atoms in total. The zero-order chi connectivity index (χ0) is 17.6. The molecule has 0 saturated carbocycles. The Hall–Kier alpha value is -3.21. The van der Waals surface area contributed by atoms with Gasteiger partial charge in [-0.1, -0.05) is 43.3 Å². The Morgan fingerprint density at radius 1 is 1.00 bits per heavy atom. The maximum atomic E-state index is 12.4. The third-order valence-electron chi connectivity index (χ3n) is 4.00. The molecule has 0 spiro atoms. The predicted molar refractivity (Wildman–Crippen MR) is 100 cm³/mol. The third kappa shape index (κ3) is 3.83.